The van der Waals surface area contributed by atoms with Gasteiger partial charge in [-0.3, -0.25) is 19.3 Å². The first-order chi connectivity index (χ1) is 15.8. The Morgan fingerprint density at radius 1 is 0.848 bits per heavy atom. The van der Waals surface area contributed by atoms with Crippen molar-refractivity contribution in [2.45, 2.75) is 33.6 Å². The number of Topliss-reactive ketones (excluding diaryl/α,β-unsaturated/α-hetero) is 1. The third-order valence-electron chi connectivity index (χ3n) is 5.77. The highest BCUT2D eigenvalue weighted by Crippen LogP contribution is 2.24. The van der Waals surface area contributed by atoms with Gasteiger partial charge in [0.25, 0.3) is 0 Å². The molecule has 0 bridgehead atoms. The summed E-state index contributed by atoms with van der Waals surface area (Å²) >= 11 is 0. The number of aryl methyl sites for hydroxylation is 2. The van der Waals surface area contributed by atoms with E-state index < -0.39 is 5.97 Å². The Balaban J connectivity index is 1.43. The second-order valence-electron chi connectivity index (χ2n) is 8.12. The van der Waals surface area contributed by atoms with E-state index in [1.807, 2.05) is 49.6 Å². The molecule has 0 N–H and O–H groups in total. The van der Waals surface area contributed by atoms with Gasteiger partial charge in [0.2, 0.25) is 17.6 Å². The molecule has 0 spiro atoms. The van der Waals surface area contributed by atoms with Crippen LogP contribution in [-0.2, 0) is 14.3 Å². The van der Waals surface area contributed by atoms with E-state index in [4.69, 9.17) is 4.74 Å². The second-order valence-corrected chi connectivity index (χ2v) is 8.12. The van der Waals surface area contributed by atoms with E-state index in [-0.39, 0.29) is 42.6 Å². The molecule has 2 amide bonds. The fourth-order valence-electron chi connectivity index (χ4n) is 4.04. The van der Waals surface area contributed by atoms with Crippen LogP contribution < -0.4 is 4.90 Å². The number of carbonyl (C=O) groups excluding carboxylic acids is 4. The summed E-state index contributed by atoms with van der Waals surface area (Å²) in [6, 6.07) is 15.8. The predicted octanol–water partition coefficient (Wildman–Crippen LogP) is 4.10. The molecule has 1 fully saturated rings. The summed E-state index contributed by atoms with van der Waals surface area (Å²) < 4.78 is 7.23. The summed E-state index contributed by atoms with van der Waals surface area (Å²) in [6.07, 6.45) is 0.380. The van der Waals surface area contributed by atoms with Gasteiger partial charge in [-0.05, 0) is 63.2 Å². The molecule has 0 radical (unpaired) electrons. The van der Waals surface area contributed by atoms with Crippen LogP contribution in [0.4, 0.5) is 5.69 Å². The van der Waals surface area contributed by atoms with E-state index in [1.54, 1.807) is 6.07 Å². The van der Waals surface area contributed by atoms with Gasteiger partial charge in [0, 0.05) is 35.5 Å². The monoisotopic (exact) mass is 444 g/mol. The zero-order chi connectivity index (χ0) is 23.7. The molecule has 0 atom stereocenters. The Kier molecular flexibility index (Phi) is 5.96. The first-order valence-electron chi connectivity index (χ1n) is 10.7. The summed E-state index contributed by atoms with van der Waals surface area (Å²) in [7, 11) is 0. The van der Waals surface area contributed by atoms with Gasteiger partial charge in [0.15, 0.2) is 6.61 Å². The van der Waals surface area contributed by atoms with Crippen molar-refractivity contribution < 1.29 is 23.9 Å². The minimum atomic E-state index is -0.652. The van der Waals surface area contributed by atoms with E-state index in [0.717, 1.165) is 27.5 Å². The van der Waals surface area contributed by atoms with Gasteiger partial charge in [-0.15, -0.1) is 0 Å². The molecule has 1 aliphatic rings. The third kappa shape index (κ3) is 4.35. The molecule has 1 aliphatic heterocycles. The van der Waals surface area contributed by atoms with Crippen LogP contribution in [0.5, 0.6) is 0 Å². The molecular weight excluding hydrogens is 420 g/mol. The van der Waals surface area contributed by atoms with Gasteiger partial charge in [-0.25, -0.2) is 4.79 Å². The van der Waals surface area contributed by atoms with Crippen molar-refractivity contribution in [3.63, 3.8) is 0 Å². The van der Waals surface area contributed by atoms with Gasteiger partial charge in [-0.1, -0.05) is 17.7 Å². The number of anilines is 1. The van der Waals surface area contributed by atoms with Crippen LogP contribution in [0.1, 0.15) is 50.5 Å². The normalized spacial score (nSPS) is 13.5. The van der Waals surface area contributed by atoms with Crippen molar-refractivity contribution in [1.29, 1.82) is 0 Å². The van der Waals surface area contributed by atoms with E-state index >= 15 is 0 Å². The average Bonchev–Trinajstić information content (AvgIpc) is 3.30. The van der Waals surface area contributed by atoms with Gasteiger partial charge in [0.1, 0.15) is 0 Å². The van der Waals surface area contributed by atoms with Gasteiger partial charge in [-0.2, -0.15) is 0 Å². The van der Waals surface area contributed by atoms with Gasteiger partial charge < -0.3 is 9.30 Å². The van der Waals surface area contributed by atoms with Crippen LogP contribution in [0.2, 0.25) is 0 Å². The van der Waals surface area contributed by atoms with Crippen LogP contribution in [0.3, 0.4) is 0 Å². The Bertz CT molecular complexity index is 1240. The molecule has 7 heteroatoms. The Labute approximate surface area is 191 Å². The van der Waals surface area contributed by atoms with Crippen LogP contribution in [0.15, 0.2) is 54.6 Å². The lowest BCUT2D eigenvalue weighted by Gasteiger charge is -2.14. The molecule has 33 heavy (non-hydrogen) atoms. The number of ether oxygens (including phenoxy) is 1. The van der Waals surface area contributed by atoms with E-state index in [1.165, 1.54) is 24.3 Å². The smallest absolute Gasteiger partial charge is 0.338 e. The number of hydrogen-bond acceptors (Lipinski definition) is 5. The highest BCUT2D eigenvalue weighted by Gasteiger charge is 2.30. The van der Waals surface area contributed by atoms with Crippen molar-refractivity contribution in [1.82, 2.24) is 4.57 Å². The van der Waals surface area contributed by atoms with Crippen molar-refractivity contribution in [2.75, 3.05) is 11.5 Å². The van der Waals surface area contributed by atoms with Crippen LogP contribution >= 0.6 is 0 Å². The Morgan fingerprint density at radius 2 is 1.42 bits per heavy atom. The minimum absolute atomic E-state index is 0.190. The fraction of sp³-hybridized carbons (Fsp3) is 0.231. The van der Waals surface area contributed by atoms with E-state index in [2.05, 4.69) is 0 Å². The van der Waals surface area contributed by atoms with Crippen molar-refractivity contribution in [3.05, 3.63) is 82.7 Å². The number of imide groups is 1. The number of esters is 1. The highest BCUT2D eigenvalue weighted by atomic mass is 16.5. The third-order valence-corrected chi connectivity index (χ3v) is 5.77. The van der Waals surface area contributed by atoms with Gasteiger partial charge >= 0.3 is 5.97 Å². The van der Waals surface area contributed by atoms with E-state index in [0.29, 0.717) is 11.3 Å². The molecular formula is C26H24N2O5. The molecule has 0 aliphatic carbocycles. The number of benzene rings is 2. The zero-order valence-corrected chi connectivity index (χ0v) is 18.8. The molecule has 2 aromatic carbocycles. The predicted molar refractivity (Wildman–Crippen MR) is 123 cm³/mol. The topological polar surface area (TPSA) is 85.7 Å². The standard InChI is InChI=1S/C26H24N2O5/c1-16-4-8-20(9-5-16)27-17(2)14-22(18(27)3)23(29)15-33-26(32)19-6-10-21(11-7-19)28-24(30)12-13-25(28)31/h4-11,14H,12-13,15H2,1-3H3. The van der Waals surface area contributed by atoms with Crippen molar-refractivity contribution >= 4 is 29.3 Å². The minimum Gasteiger partial charge on any atom is -0.454 e. The number of carbonyl (C=O) groups is 4. The number of hydrogen-bond donors (Lipinski definition) is 0. The molecule has 0 unspecified atom stereocenters. The second kappa shape index (κ2) is 8.86. The number of ketones is 1. The van der Waals surface area contributed by atoms with E-state index in [9.17, 15) is 19.2 Å². The van der Waals surface area contributed by atoms with Gasteiger partial charge in [0.05, 0.1) is 11.3 Å². The molecule has 7 nitrogen and oxygen atoms in total. The van der Waals surface area contributed by atoms with Crippen molar-refractivity contribution in [2.24, 2.45) is 0 Å². The van der Waals surface area contributed by atoms with Crippen molar-refractivity contribution in [3.8, 4) is 5.69 Å². The molecule has 4 rings (SSSR count). The maximum absolute atomic E-state index is 12.8. The Hall–Kier alpha value is -4.00. The highest BCUT2D eigenvalue weighted by molar-refractivity contribution is 6.19. The summed E-state index contributed by atoms with van der Waals surface area (Å²) in [5.74, 6) is -1.46. The van der Waals surface area contributed by atoms with Crippen LogP contribution in [0, 0.1) is 20.8 Å². The Morgan fingerprint density at radius 3 is 2.03 bits per heavy atom. The lowest BCUT2D eigenvalue weighted by molar-refractivity contribution is -0.121. The number of nitrogens with zero attached hydrogens (tertiary/aromatic N) is 2. The van der Waals surface area contributed by atoms with Crippen LogP contribution in [0.25, 0.3) is 5.69 Å². The summed E-state index contributed by atoms with van der Waals surface area (Å²) in [6.45, 7) is 5.41. The number of aromatic nitrogens is 1. The maximum Gasteiger partial charge on any atom is 0.338 e. The average molecular weight is 444 g/mol. The molecule has 3 aromatic rings. The number of rotatable bonds is 6. The zero-order valence-electron chi connectivity index (χ0n) is 18.8. The maximum atomic E-state index is 12.8. The van der Waals surface area contributed by atoms with Crippen LogP contribution in [-0.4, -0.2) is 34.7 Å². The summed E-state index contributed by atoms with van der Waals surface area (Å²) in [4.78, 5) is 50.0. The summed E-state index contributed by atoms with van der Waals surface area (Å²) in [5, 5.41) is 0. The fourth-order valence-corrected chi connectivity index (χ4v) is 4.04. The lowest BCUT2D eigenvalue weighted by Crippen LogP contribution is -2.28. The molecule has 168 valence electrons. The molecule has 2 heterocycles. The largest absolute Gasteiger partial charge is 0.454 e. The molecule has 1 saturated heterocycles. The first kappa shape index (κ1) is 22.2. The lowest BCUT2D eigenvalue weighted by atomic mass is 10.1. The number of amides is 2. The SMILES string of the molecule is Cc1ccc(-n2c(C)cc(C(=O)COC(=O)c3ccc(N4C(=O)CCC4=O)cc3)c2C)cc1. The quantitative estimate of drug-likeness (QED) is 0.325. The first-order valence-corrected chi connectivity index (χ1v) is 10.7. The molecule has 1 aromatic heterocycles. The molecule has 0 saturated carbocycles. The summed E-state index contributed by atoms with van der Waals surface area (Å²) in [5.41, 5.74) is 4.95.